The summed E-state index contributed by atoms with van der Waals surface area (Å²) >= 11 is 0. The van der Waals surface area contributed by atoms with Crippen LogP contribution in [0.2, 0.25) is 0 Å². The number of para-hydroxylation sites is 1. The largest absolute Gasteiger partial charge is 0.328 e. The third-order valence-electron chi connectivity index (χ3n) is 1.94. The van der Waals surface area contributed by atoms with Crippen molar-refractivity contribution in [3.8, 4) is 0 Å². The molecular formula is C10H13FN2O. The lowest BCUT2D eigenvalue weighted by atomic mass is 10.3. The predicted octanol–water partition coefficient (Wildman–Crippen LogP) is 2.31. The lowest BCUT2D eigenvalue weighted by Gasteiger charge is -2.15. The molecule has 0 bridgehead atoms. The molecule has 1 aromatic rings. The van der Waals surface area contributed by atoms with E-state index in [0.29, 0.717) is 6.54 Å². The molecule has 0 aliphatic heterocycles. The molecule has 4 heteroatoms. The first kappa shape index (κ1) is 10.5. The average Bonchev–Trinajstić information content (AvgIpc) is 2.20. The Labute approximate surface area is 82.5 Å². The van der Waals surface area contributed by atoms with Gasteiger partial charge < -0.3 is 10.2 Å². The second-order valence-electron chi connectivity index (χ2n) is 2.92. The van der Waals surface area contributed by atoms with Gasteiger partial charge in [-0.1, -0.05) is 12.1 Å². The van der Waals surface area contributed by atoms with Gasteiger partial charge >= 0.3 is 6.03 Å². The minimum absolute atomic E-state index is 0.206. The molecular weight excluding hydrogens is 183 g/mol. The zero-order chi connectivity index (χ0) is 10.6. The molecule has 0 unspecified atom stereocenters. The molecule has 0 saturated carbocycles. The SMILES string of the molecule is CCN(C)C(=O)Nc1ccccc1F. The van der Waals surface area contributed by atoms with Crippen LogP contribution in [0.4, 0.5) is 14.9 Å². The van der Waals surface area contributed by atoms with Crippen LogP contribution in [-0.4, -0.2) is 24.5 Å². The van der Waals surface area contributed by atoms with Gasteiger partial charge in [-0.3, -0.25) is 0 Å². The van der Waals surface area contributed by atoms with Gasteiger partial charge in [-0.25, -0.2) is 9.18 Å². The van der Waals surface area contributed by atoms with Crippen LogP contribution in [0.1, 0.15) is 6.92 Å². The smallest absolute Gasteiger partial charge is 0.321 e. The van der Waals surface area contributed by atoms with Gasteiger partial charge in [-0.2, -0.15) is 0 Å². The Morgan fingerprint density at radius 1 is 1.50 bits per heavy atom. The fourth-order valence-electron chi connectivity index (χ4n) is 0.917. The number of nitrogens with zero attached hydrogens (tertiary/aromatic N) is 1. The molecule has 0 aliphatic carbocycles. The highest BCUT2D eigenvalue weighted by Gasteiger charge is 2.08. The summed E-state index contributed by atoms with van der Waals surface area (Å²) in [5.74, 6) is -0.426. The first-order valence-electron chi connectivity index (χ1n) is 4.41. The molecule has 0 spiro atoms. The van der Waals surface area contributed by atoms with E-state index in [0.717, 1.165) is 0 Å². The van der Waals surface area contributed by atoms with Gasteiger partial charge in [0.25, 0.3) is 0 Å². The molecule has 0 heterocycles. The van der Waals surface area contributed by atoms with E-state index in [1.165, 1.54) is 17.0 Å². The van der Waals surface area contributed by atoms with Crippen molar-refractivity contribution in [2.75, 3.05) is 18.9 Å². The van der Waals surface area contributed by atoms with E-state index in [1.807, 2.05) is 6.92 Å². The molecule has 14 heavy (non-hydrogen) atoms. The first-order chi connectivity index (χ1) is 6.65. The summed E-state index contributed by atoms with van der Waals surface area (Å²) in [6.07, 6.45) is 0. The maximum absolute atomic E-state index is 13.1. The summed E-state index contributed by atoms with van der Waals surface area (Å²) < 4.78 is 13.1. The second-order valence-corrected chi connectivity index (χ2v) is 2.92. The molecule has 1 N–H and O–H groups in total. The Kier molecular flexibility index (Phi) is 3.45. The highest BCUT2D eigenvalue weighted by molar-refractivity contribution is 5.89. The monoisotopic (exact) mass is 196 g/mol. The fraction of sp³-hybridized carbons (Fsp3) is 0.300. The predicted molar refractivity (Wildman–Crippen MR) is 53.7 cm³/mol. The average molecular weight is 196 g/mol. The van der Waals surface area contributed by atoms with Crippen molar-refractivity contribution in [2.24, 2.45) is 0 Å². The molecule has 0 aliphatic rings. The highest BCUT2D eigenvalue weighted by Crippen LogP contribution is 2.12. The second kappa shape index (κ2) is 4.60. The Balaban J connectivity index is 2.70. The maximum atomic E-state index is 13.1. The summed E-state index contributed by atoms with van der Waals surface area (Å²) in [6, 6.07) is 5.77. The molecule has 0 atom stereocenters. The molecule has 3 nitrogen and oxygen atoms in total. The summed E-state index contributed by atoms with van der Waals surface area (Å²) in [7, 11) is 1.65. The number of halogens is 1. The topological polar surface area (TPSA) is 32.3 Å². The summed E-state index contributed by atoms with van der Waals surface area (Å²) in [5.41, 5.74) is 0.206. The van der Waals surface area contributed by atoms with Crippen molar-refractivity contribution < 1.29 is 9.18 Å². The molecule has 0 saturated heterocycles. The molecule has 0 aromatic heterocycles. The van der Waals surface area contributed by atoms with Crippen LogP contribution in [-0.2, 0) is 0 Å². The van der Waals surface area contributed by atoms with Gasteiger partial charge in [0.15, 0.2) is 0 Å². The molecule has 0 radical (unpaired) electrons. The molecule has 0 fully saturated rings. The first-order valence-corrected chi connectivity index (χ1v) is 4.41. The molecule has 1 aromatic carbocycles. The Morgan fingerprint density at radius 3 is 2.71 bits per heavy atom. The van der Waals surface area contributed by atoms with E-state index in [-0.39, 0.29) is 11.7 Å². The van der Waals surface area contributed by atoms with E-state index < -0.39 is 5.82 Å². The number of benzene rings is 1. The number of rotatable bonds is 2. The van der Waals surface area contributed by atoms with Gasteiger partial charge in [0.1, 0.15) is 5.82 Å². The van der Waals surface area contributed by atoms with Gasteiger partial charge in [-0.15, -0.1) is 0 Å². The Morgan fingerprint density at radius 2 is 2.14 bits per heavy atom. The summed E-state index contributed by atoms with van der Waals surface area (Å²) in [4.78, 5) is 12.8. The van der Waals surface area contributed by atoms with Crippen LogP contribution in [0.3, 0.4) is 0 Å². The highest BCUT2D eigenvalue weighted by atomic mass is 19.1. The number of hydrogen-bond donors (Lipinski definition) is 1. The van der Waals surface area contributed by atoms with Crippen molar-refractivity contribution in [3.05, 3.63) is 30.1 Å². The van der Waals surface area contributed by atoms with E-state index in [9.17, 15) is 9.18 Å². The van der Waals surface area contributed by atoms with Crippen molar-refractivity contribution in [3.63, 3.8) is 0 Å². The normalized spacial score (nSPS) is 9.64. The van der Waals surface area contributed by atoms with Crippen LogP contribution in [0.15, 0.2) is 24.3 Å². The van der Waals surface area contributed by atoms with Gasteiger partial charge in [0.05, 0.1) is 5.69 Å². The van der Waals surface area contributed by atoms with Crippen molar-refractivity contribution in [1.29, 1.82) is 0 Å². The van der Waals surface area contributed by atoms with Crippen LogP contribution in [0, 0.1) is 5.82 Å². The van der Waals surface area contributed by atoms with Crippen molar-refractivity contribution in [1.82, 2.24) is 4.90 Å². The minimum atomic E-state index is -0.426. The lowest BCUT2D eigenvalue weighted by Crippen LogP contribution is -2.31. The number of amides is 2. The van der Waals surface area contributed by atoms with E-state index in [4.69, 9.17) is 0 Å². The molecule has 76 valence electrons. The standard InChI is InChI=1S/C10H13FN2O/c1-3-13(2)10(14)12-9-7-5-4-6-8(9)11/h4-7H,3H2,1-2H3,(H,12,14). The maximum Gasteiger partial charge on any atom is 0.321 e. The van der Waals surface area contributed by atoms with Crippen LogP contribution < -0.4 is 5.32 Å². The van der Waals surface area contributed by atoms with Gasteiger partial charge in [0.2, 0.25) is 0 Å². The Bertz CT molecular complexity index is 328. The number of carbonyl (C=O) groups is 1. The fourth-order valence-corrected chi connectivity index (χ4v) is 0.917. The van der Waals surface area contributed by atoms with Crippen molar-refractivity contribution in [2.45, 2.75) is 6.92 Å². The zero-order valence-electron chi connectivity index (χ0n) is 8.25. The third-order valence-corrected chi connectivity index (χ3v) is 1.94. The number of nitrogens with one attached hydrogen (secondary N) is 1. The number of anilines is 1. The summed E-state index contributed by atoms with van der Waals surface area (Å²) in [6.45, 7) is 2.43. The zero-order valence-corrected chi connectivity index (χ0v) is 8.25. The van der Waals surface area contributed by atoms with Gasteiger partial charge in [-0.05, 0) is 19.1 Å². The van der Waals surface area contributed by atoms with Gasteiger partial charge in [0, 0.05) is 13.6 Å². The number of urea groups is 1. The van der Waals surface area contributed by atoms with E-state index in [2.05, 4.69) is 5.32 Å². The summed E-state index contributed by atoms with van der Waals surface area (Å²) in [5, 5.41) is 2.47. The molecule has 1 rings (SSSR count). The Hall–Kier alpha value is -1.58. The van der Waals surface area contributed by atoms with Crippen molar-refractivity contribution >= 4 is 11.7 Å². The lowest BCUT2D eigenvalue weighted by molar-refractivity contribution is 0.224. The van der Waals surface area contributed by atoms with Crippen LogP contribution in [0.5, 0.6) is 0 Å². The quantitative estimate of drug-likeness (QED) is 0.773. The third kappa shape index (κ3) is 2.45. The minimum Gasteiger partial charge on any atom is -0.328 e. The molecule has 2 amide bonds. The number of carbonyl (C=O) groups excluding carboxylic acids is 1. The van der Waals surface area contributed by atoms with E-state index in [1.54, 1.807) is 19.2 Å². The number of hydrogen-bond acceptors (Lipinski definition) is 1. The van der Waals surface area contributed by atoms with Crippen LogP contribution in [0.25, 0.3) is 0 Å². The van der Waals surface area contributed by atoms with Crippen LogP contribution >= 0.6 is 0 Å². The van der Waals surface area contributed by atoms with E-state index >= 15 is 0 Å².